The van der Waals surface area contributed by atoms with Crippen LogP contribution in [0.15, 0.2) is 64.4 Å². The molecular formula is C25H21ClN6O2S. The molecule has 0 aliphatic carbocycles. The van der Waals surface area contributed by atoms with Crippen LogP contribution in [0.25, 0.3) is 22.0 Å². The van der Waals surface area contributed by atoms with E-state index in [9.17, 15) is 4.79 Å². The lowest BCUT2D eigenvalue weighted by molar-refractivity contribution is 0.0957. The third kappa shape index (κ3) is 5.06. The van der Waals surface area contributed by atoms with Crippen molar-refractivity contribution in [3.05, 3.63) is 87.8 Å². The van der Waals surface area contributed by atoms with E-state index in [-0.39, 0.29) is 11.7 Å². The van der Waals surface area contributed by atoms with Gasteiger partial charge in [0.1, 0.15) is 11.6 Å². The third-order valence-electron chi connectivity index (χ3n) is 5.44. The van der Waals surface area contributed by atoms with Gasteiger partial charge in [0.05, 0.1) is 16.2 Å². The minimum atomic E-state index is -0.378. The molecule has 0 spiro atoms. The molecule has 35 heavy (non-hydrogen) atoms. The van der Waals surface area contributed by atoms with E-state index < -0.39 is 0 Å². The molecule has 0 fully saturated rings. The summed E-state index contributed by atoms with van der Waals surface area (Å²) in [6, 6.07) is 7.62. The van der Waals surface area contributed by atoms with E-state index in [0.717, 1.165) is 45.0 Å². The predicted molar refractivity (Wildman–Crippen MR) is 138 cm³/mol. The Morgan fingerprint density at radius 3 is 2.83 bits per heavy atom. The molecule has 1 aliphatic rings. The van der Waals surface area contributed by atoms with Crippen LogP contribution in [0.1, 0.15) is 27.6 Å². The summed E-state index contributed by atoms with van der Waals surface area (Å²) < 4.78 is 5.35. The average Bonchev–Trinajstić information content (AvgIpc) is 3.20. The maximum atomic E-state index is 13.0. The van der Waals surface area contributed by atoms with Crippen LogP contribution in [0.5, 0.6) is 0 Å². The molecule has 0 bridgehead atoms. The van der Waals surface area contributed by atoms with Crippen LogP contribution in [0.2, 0.25) is 5.02 Å². The number of hydrogen-bond donors (Lipinski definition) is 2. The molecule has 176 valence electrons. The van der Waals surface area contributed by atoms with E-state index in [1.807, 2.05) is 55.7 Å². The molecule has 8 nitrogen and oxygen atoms in total. The summed E-state index contributed by atoms with van der Waals surface area (Å²) in [7, 11) is 0. The smallest absolute Gasteiger partial charge is 0.293 e. The molecule has 0 unspecified atom stereocenters. The highest BCUT2D eigenvalue weighted by atomic mass is 35.5. The van der Waals surface area contributed by atoms with Crippen molar-refractivity contribution in [2.75, 3.05) is 11.1 Å². The molecule has 2 N–H and O–H groups in total. The van der Waals surface area contributed by atoms with Gasteiger partial charge in [-0.05, 0) is 54.7 Å². The Morgan fingerprint density at radius 2 is 2.09 bits per heavy atom. The first-order valence-electron chi connectivity index (χ1n) is 10.9. The summed E-state index contributed by atoms with van der Waals surface area (Å²) in [6.45, 7) is 4.20. The van der Waals surface area contributed by atoms with E-state index in [4.69, 9.17) is 16.1 Å². The molecule has 5 rings (SSSR count). The monoisotopic (exact) mass is 504 g/mol. The lowest BCUT2D eigenvalue weighted by Gasteiger charge is -2.13. The number of benzene rings is 1. The number of amides is 1. The van der Waals surface area contributed by atoms with Gasteiger partial charge in [-0.1, -0.05) is 28.9 Å². The van der Waals surface area contributed by atoms with Crippen LogP contribution in [0, 0.1) is 13.8 Å². The van der Waals surface area contributed by atoms with Crippen molar-refractivity contribution in [3.8, 4) is 11.1 Å². The molecule has 0 saturated carbocycles. The zero-order valence-corrected chi connectivity index (χ0v) is 20.6. The Morgan fingerprint density at radius 1 is 1.20 bits per heavy atom. The number of halogens is 1. The Bertz CT molecular complexity index is 1480. The summed E-state index contributed by atoms with van der Waals surface area (Å²) in [4.78, 5) is 26.2. The van der Waals surface area contributed by atoms with Gasteiger partial charge in [-0.2, -0.15) is 0 Å². The number of carbonyl (C=O) groups is 1. The van der Waals surface area contributed by atoms with Crippen molar-refractivity contribution in [1.82, 2.24) is 25.4 Å². The fourth-order valence-electron chi connectivity index (χ4n) is 3.82. The summed E-state index contributed by atoms with van der Waals surface area (Å²) in [5, 5.41) is 13.5. The molecular weight excluding hydrogens is 484 g/mol. The topological polar surface area (TPSA) is 106 Å². The summed E-state index contributed by atoms with van der Waals surface area (Å²) in [5.41, 5.74) is 4.89. The van der Waals surface area contributed by atoms with Crippen LogP contribution in [0.3, 0.4) is 0 Å². The minimum Gasteiger partial charge on any atom is -0.365 e. The second kappa shape index (κ2) is 9.89. The SMILES string of the molecule is Cc1noc(C)c1-c1ccc2nc(C(=O)NC3=CCSC=C3)nc(NCc3cncc(Cl)c3)c2c1. The molecule has 4 heterocycles. The van der Waals surface area contributed by atoms with E-state index in [1.165, 1.54) is 0 Å². The maximum absolute atomic E-state index is 13.0. The fraction of sp³-hybridized carbons (Fsp3) is 0.160. The Balaban J connectivity index is 1.55. The van der Waals surface area contributed by atoms with Gasteiger partial charge in [0.25, 0.3) is 5.91 Å². The van der Waals surface area contributed by atoms with Crippen molar-refractivity contribution >= 4 is 46.0 Å². The number of nitrogens with one attached hydrogen (secondary N) is 2. The normalized spacial score (nSPS) is 13.1. The van der Waals surface area contributed by atoms with E-state index in [0.29, 0.717) is 22.9 Å². The predicted octanol–water partition coefficient (Wildman–Crippen LogP) is 5.44. The first-order valence-corrected chi connectivity index (χ1v) is 12.3. The van der Waals surface area contributed by atoms with Gasteiger partial charge in [0.15, 0.2) is 0 Å². The van der Waals surface area contributed by atoms with Crippen molar-refractivity contribution in [1.29, 1.82) is 0 Å². The Labute approximate surface area is 210 Å². The van der Waals surface area contributed by atoms with E-state index in [1.54, 1.807) is 24.2 Å². The standard InChI is InChI=1S/C25H21ClN6O2S/c1-14-22(15(2)34-32-14)17-3-4-21-20(10-17)23(28-12-16-9-18(26)13-27-11-16)31-24(30-21)25(33)29-19-5-7-35-8-6-19/h3-7,9-11,13H,8,12H2,1-2H3,(H,29,33)(H,28,30,31). The van der Waals surface area contributed by atoms with Crippen LogP contribution < -0.4 is 10.6 Å². The molecule has 1 aliphatic heterocycles. The van der Waals surface area contributed by atoms with E-state index in [2.05, 4.69) is 30.7 Å². The summed E-state index contributed by atoms with van der Waals surface area (Å²) in [5.74, 6) is 1.75. The molecule has 3 aromatic heterocycles. The van der Waals surface area contributed by atoms with Gasteiger partial charge >= 0.3 is 0 Å². The Hall–Kier alpha value is -3.69. The highest BCUT2D eigenvalue weighted by molar-refractivity contribution is 8.02. The van der Waals surface area contributed by atoms with Gasteiger partial charge in [-0.15, -0.1) is 11.8 Å². The summed E-state index contributed by atoms with van der Waals surface area (Å²) in [6.07, 6.45) is 7.11. The number of allylic oxidation sites excluding steroid dienone is 1. The number of carbonyl (C=O) groups excluding carboxylic acids is 1. The number of anilines is 1. The van der Waals surface area contributed by atoms with Gasteiger partial charge in [-0.25, -0.2) is 9.97 Å². The first-order chi connectivity index (χ1) is 17.0. The van der Waals surface area contributed by atoms with Crippen molar-refractivity contribution in [2.45, 2.75) is 20.4 Å². The van der Waals surface area contributed by atoms with E-state index >= 15 is 0 Å². The van der Waals surface area contributed by atoms with Crippen LogP contribution in [-0.2, 0) is 6.54 Å². The molecule has 10 heteroatoms. The Kier molecular flexibility index (Phi) is 6.52. The van der Waals surface area contributed by atoms with Crippen molar-refractivity contribution in [2.24, 2.45) is 0 Å². The zero-order valence-electron chi connectivity index (χ0n) is 19.0. The van der Waals surface area contributed by atoms with Gasteiger partial charge in [0.2, 0.25) is 5.82 Å². The number of nitrogens with zero attached hydrogens (tertiary/aromatic N) is 4. The number of aryl methyl sites for hydroxylation is 2. The zero-order chi connectivity index (χ0) is 24.4. The van der Waals surface area contributed by atoms with Gasteiger partial charge in [0, 0.05) is 41.3 Å². The molecule has 0 radical (unpaired) electrons. The highest BCUT2D eigenvalue weighted by Crippen LogP contribution is 2.31. The molecule has 0 saturated heterocycles. The average molecular weight is 505 g/mol. The highest BCUT2D eigenvalue weighted by Gasteiger charge is 2.18. The van der Waals surface area contributed by atoms with Crippen molar-refractivity contribution < 1.29 is 9.32 Å². The second-order valence-corrected chi connectivity index (χ2v) is 9.32. The third-order valence-corrected chi connectivity index (χ3v) is 6.34. The molecule has 1 amide bonds. The number of pyridine rings is 1. The number of thioether (sulfide) groups is 1. The maximum Gasteiger partial charge on any atom is 0.293 e. The van der Waals surface area contributed by atoms with Gasteiger partial charge in [-0.3, -0.25) is 9.78 Å². The molecule has 0 atom stereocenters. The number of hydrogen-bond acceptors (Lipinski definition) is 8. The first kappa shape index (κ1) is 23.1. The van der Waals surface area contributed by atoms with Gasteiger partial charge < -0.3 is 15.2 Å². The largest absolute Gasteiger partial charge is 0.365 e. The van der Waals surface area contributed by atoms with Crippen LogP contribution in [0.4, 0.5) is 5.82 Å². The lowest BCUT2D eigenvalue weighted by atomic mass is 10.0. The second-order valence-electron chi connectivity index (χ2n) is 7.94. The van der Waals surface area contributed by atoms with Crippen LogP contribution in [-0.4, -0.2) is 31.8 Å². The van der Waals surface area contributed by atoms with Crippen LogP contribution >= 0.6 is 23.4 Å². The number of fused-ring (bicyclic) bond motifs is 1. The lowest BCUT2D eigenvalue weighted by Crippen LogP contribution is -2.25. The fourth-order valence-corrected chi connectivity index (χ4v) is 4.64. The number of rotatable bonds is 6. The molecule has 1 aromatic carbocycles. The summed E-state index contributed by atoms with van der Waals surface area (Å²) >= 11 is 7.75. The van der Waals surface area contributed by atoms with Crippen molar-refractivity contribution in [3.63, 3.8) is 0 Å². The molecule has 4 aromatic rings. The quantitative estimate of drug-likeness (QED) is 0.357. The minimum absolute atomic E-state index is 0.0711. The number of aromatic nitrogens is 4.